The smallest absolute Gasteiger partial charge is 0.229 e. The molecule has 0 radical (unpaired) electrons. The maximum absolute atomic E-state index is 13.3. The van der Waals surface area contributed by atoms with E-state index >= 15 is 0 Å². The Morgan fingerprint density at radius 3 is 2.58 bits per heavy atom. The monoisotopic (exact) mass is 497 g/mol. The van der Waals surface area contributed by atoms with Crippen LogP contribution < -0.4 is 14.4 Å². The van der Waals surface area contributed by atoms with Crippen LogP contribution in [0.5, 0.6) is 11.5 Å². The molecule has 1 amide bonds. The molecule has 0 saturated carbocycles. The summed E-state index contributed by atoms with van der Waals surface area (Å²) in [5, 5.41) is 10.9. The van der Waals surface area contributed by atoms with Crippen LogP contribution in [0.3, 0.4) is 0 Å². The number of amides is 1. The first-order valence-electron chi connectivity index (χ1n) is 11.8. The molecule has 0 N–H and O–H groups in total. The number of fused-ring (bicyclic) bond motifs is 1. The lowest BCUT2D eigenvalue weighted by Gasteiger charge is -2.42. The van der Waals surface area contributed by atoms with Gasteiger partial charge in [-0.1, -0.05) is 66.4 Å². The van der Waals surface area contributed by atoms with Crippen LogP contribution in [0.2, 0.25) is 0 Å². The number of hydrogen-bond acceptors (Lipinski definition) is 6. The van der Waals surface area contributed by atoms with Crippen LogP contribution in [0.15, 0.2) is 83.4 Å². The predicted molar refractivity (Wildman–Crippen MR) is 142 cm³/mol. The second-order valence-electron chi connectivity index (χ2n) is 8.83. The van der Waals surface area contributed by atoms with E-state index in [1.165, 1.54) is 0 Å². The van der Waals surface area contributed by atoms with Gasteiger partial charge in [0.25, 0.3) is 0 Å². The molecule has 1 unspecified atom stereocenters. The largest absolute Gasteiger partial charge is 0.493 e. The zero-order valence-electron chi connectivity index (χ0n) is 20.3. The van der Waals surface area contributed by atoms with Crippen molar-refractivity contribution >= 4 is 23.4 Å². The number of carbonyl (C=O) groups is 1. The highest BCUT2D eigenvalue weighted by Gasteiger charge is 2.38. The molecule has 5 rings (SSSR count). The topological polar surface area (TPSA) is 65.8 Å². The summed E-state index contributed by atoms with van der Waals surface area (Å²) in [5.74, 6) is 1.59. The van der Waals surface area contributed by atoms with E-state index in [2.05, 4.69) is 30.0 Å². The number of nitrogens with zero attached hydrogens (tertiary/aromatic N) is 3. The number of aryl methyl sites for hydroxylation is 1. The summed E-state index contributed by atoms with van der Waals surface area (Å²) in [6, 6.07) is 26.2. The second-order valence-corrected chi connectivity index (χ2v) is 9.77. The highest BCUT2D eigenvalue weighted by Crippen LogP contribution is 2.45. The van der Waals surface area contributed by atoms with E-state index < -0.39 is 0 Å². The van der Waals surface area contributed by atoms with E-state index in [1.807, 2.05) is 60.7 Å². The van der Waals surface area contributed by atoms with Gasteiger partial charge in [0.2, 0.25) is 5.91 Å². The standard InChI is InChI=1S/C29H27N3O3S/c1-20-8-6-7-11-25(20)31-18-32-28(33)15-23(24(16-30)29(32)36-19-31)22-12-13-26(27(14-22)34-2)35-17-21-9-4-3-5-10-21/h3-14,23H,15,17-19H2,1-2H3. The third-order valence-corrected chi connectivity index (χ3v) is 7.73. The molecule has 182 valence electrons. The third kappa shape index (κ3) is 4.65. The molecule has 0 spiro atoms. The second kappa shape index (κ2) is 10.4. The average molecular weight is 498 g/mol. The Kier molecular flexibility index (Phi) is 6.88. The van der Waals surface area contributed by atoms with Crippen LogP contribution in [0.4, 0.5) is 5.69 Å². The van der Waals surface area contributed by atoms with Crippen molar-refractivity contribution in [3.05, 3.63) is 100 Å². The van der Waals surface area contributed by atoms with E-state index in [0.29, 0.717) is 36.2 Å². The third-order valence-electron chi connectivity index (χ3n) is 6.58. The van der Waals surface area contributed by atoms with Crippen molar-refractivity contribution in [2.24, 2.45) is 0 Å². The minimum absolute atomic E-state index is 0.0168. The minimum atomic E-state index is -0.316. The molecule has 2 aliphatic heterocycles. The summed E-state index contributed by atoms with van der Waals surface area (Å²) in [4.78, 5) is 17.2. The fourth-order valence-electron chi connectivity index (χ4n) is 4.67. The lowest BCUT2D eigenvalue weighted by molar-refractivity contribution is -0.129. The van der Waals surface area contributed by atoms with Gasteiger partial charge in [-0.3, -0.25) is 9.69 Å². The van der Waals surface area contributed by atoms with Crippen molar-refractivity contribution in [2.45, 2.75) is 25.9 Å². The van der Waals surface area contributed by atoms with Crippen LogP contribution in [0.25, 0.3) is 0 Å². The quantitative estimate of drug-likeness (QED) is 0.429. The van der Waals surface area contributed by atoms with Crippen molar-refractivity contribution in [3.63, 3.8) is 0 Å². The maximum Gasteiger partial charge on any atom is 0.229 e. The molecule has 2 aliphatic rings. The van der Waals surface area contributed by atoms with Gasteiger partial charge in [0.05, 0.1) is 36.3 Å². The summed E-state index contributed by atoms with van der Waals surface area (Å²) < 4.78 is 11.6. The minimum Gasteiger partial charge on any atom is -0.493 e. The molecular weight excluding hydrogens is 470 g/mol. The molecule has 0 aromatic heterocycles. The molecule has 2 heterocycles. The highest BCUT2D eigenvalue weighted by molar-refractivity contribution is 8.03. The zero-order valence-corrected chi connectivity index (χ0v) is 21.1. The zero-order chi connectivity index (χ0) is 25.1. The summed E-state index contributed by atoms with van der Waals surface area (Å²) in [6.45, 7) is 2.94. The molecule has 7 heteroatoms. The number of nitriles is 1. The van der Waals surface area contributed by atoms with E-state index in [0.717, 1.165) is 27.4 Å². The van der Waals surface area contributed by atoms with Gasteiger partial charge < -0.3 is 14.4 Å². The molecule has 0 aliphatic carbocycles. The Hall–Kier alpha value is -3.89. The van der Waals surface area contributed by atoms with Crippen LogP contribution in [-0.4, -0.2) is 30.5 Å². The molecule has 0 bridgehead atoms. The Morgan fingerprint density at radius 2 is 1.83 bits per heavy atom. The van der Waals surface area contributed by atoms with Crippen molar-refractivity contribution in [1.29, 1.82) is 5.26 Å². The lowest BCUT2D eigenvalue weighted by atomic mass is 9.86. The molecule has 1 atom stereocenters. The number of benzene rings is 3. The SMILES string of the molecule is COc1cc(C2CC(=O)N3CN(c4ccccc4C)CSC3=C2C#N)ccc1OCc1ccccc1. The van der Waals surface area contributed by atoms with Gasteiger partial charge >= 0.3 is 0 Å². The predicted octanol–water partition coefficient (Wildman–Crippen LogP) is 5.80. The van der Waals surface area contributed by atoms with E-state index in [9.17, 15) is 10.1 Å². The fraction of sp³-hybridized carbons (Fsp3) is 0.241. The van der Waals surface area contributed by atoms with Gasteiger partial charge in [-0.15, -0.1) is 0 Å². The van der Waals surface area contributed by atoms with E-state index in [1.54, 1.807) is 23.8 Å². The summed E-state index contributed by atoms with van der Waals surface area (Å²) in [6.07, 6.45) is 0.238. The first-order chi connectivity index (χ1) is 17.6. The van der Waals surface area contributed by atoms with Crippen molar-refractivity contribution in [1.82, 2.24) is 4.90 Å². The summed E-state index contributed by atoms with van der Waals surface area (Å²) in [5.41, 5.74) is 4.83. The molecule has 3 aromatic rings. The summed E-state index contributed by atoms with van der Waals surface area (Å²) in [7, 11) is 1.60. The molecule has 6 nitrogen and oxygen atoms in total. The van der Waals surface area contributed by atoms with Crippen LogP contribution in [-0.2, 0) is 11.4 Å². The Morgan fingerprint density at radius 1 is 1.06 bits per heavy atom. The molecule has 3 aromatic carbocycles. The number of para-hydroxylation sites is 1. The van der Waals surface area contributed by atoms with Gasteiger partial charge in [0.1, 0.15) is 6.61 Å². The number of hydrogen-bond donors (Lipinski definition) is 0. The Labute approximate surface area is 215 Å². The number of thioether (sulfide) groups is 1. The number of rotatable bonds is 6. The number of carbonyl (C=O) groups excluding carboxylic acids is 1. The summed E-state index contributed by atoms with van der Waals surface area (Å²) >= 11 is 1.54. The lowest BCUT2D eigenvalue weighted by Crippen LogP contribution is -2.47. The van der Waals surface area contributed by atoms with Crippen molar-refractivity contribution < 1.29 is 14.3 Å². The molecule has 1 fully saturated rings. The number of anilines is 1. The molecule has 1 saturated heterocycles. The molecule has 36 heavy (non-hydrogen) atoms. The average Bonchev–Trinajstić information content (AvgIpc) is 2.92. The van der Waals surface area contributed by atoms with Gasteiger partial charge in [-0.05, 0) is 41.8 Å². The normalized spacial score (nSPS) is 17.5. The maximum atomic E-state index is 13.3. The van der Waals surface area contributed by atoms with Crippen LogP contribution >= 0.6 is 11.8 Å². The van der Waals surface area contributed by atoms with E-state index in [-0.39, 0.29) is 18.2 Å². The van der Waals surface area contributed by atoms with E-state index in [4.69, 9.17) is 9.47 Å². The van der Waals surface area contributed by atoms with Gasteiger partial charge in [0, 0.05) is 18.0 Å². The van der Waals surface area contributed by atoms with Crippen LogP contribution in [0, 0.1) is 18.3 Å². The number of ether oxygens (including phenoxy) is 2. The molecular formula is C29H27N3O3S. The van der Waals surface area contributed by atoms with Crippen molar-refractivity contribution in [2.75, 3.05) is 24.6 Å². The number of allylic oxidation sites excluding steroid dienone is 1. The highest BCUT2D eigenvalue weighted by atomic mass is 32.2. The van der Waals surface area contributed by atoms with Gasteiger partial charge in [-0.25, -0.2) is 0 Å². The first kappa shape index (κ1) is 23.8. The first-order valence-corrected chi connectivity index (χ1v) is 12.8. The van der Waals surface area contributed by atoms with Crippen molar-refractivity contribution in [3.8, 4) is 17.6 Å². The van der Waals surface area contributed by atoms with Gasteiger partial charge in [-0.2, -0.15) is 5.26 Å². The Balaban J connectivity index is 1.40. The van der Waals surface area contributed by atoms with Crippen LogP contribution in [0.1, 0.15) is 29.0 Å². The van der Waals surface area contributed by atoms with Gasteiger partial charge in [0.15, 0.2) is 11.5 Å². The fourth-order valence-corrected chi connectivity index (χ4v) is 5.83. The number of methoxy groups -OCH3 is 1. The Bertz CT molecular complexity index is 1350.